The van der Waals surface area contributed by atoms with Gasteiger partial charge in [0.05, 0.1) is 17.8 Å². The van der Waals surface area contributed by atoms with E-state index in [4.69, 9.17) is 0 Å². The molecule has 1 amide bonds. The van der Waals surface area contributed by atoms with Gasteiger partial charge in [0.1, 0.15) is 0 Å². The molecule has 3 aliphatic rings. The zero-order valence-electron chi connectivity index (χ0n) is 13.7. The molecule has 0 N–H and O–H groups in total. The van der Waals surface area contributed by atoms with Crippen molar-refractivity contribution in [1.29, 1.82) is 0 Å². The molecule has 0 unspecified atom stereocenters. The van der Waals surface area contributed by atoms with E-state index in [1.54, 1.807) is 6.20 Å². The Balaban J connectivity index is 1.46. The minimum atomic E-state index is 0.0240. The topological polar surface area (TPSA) is 49.3 Å². The van der Waals surface area contributed by atoms with Crippen LogP contribution in [0.1, 0.15) is 46.4 Å². The third-order valence-corrected chi connectivity index (χ3v) is 5.42. The highest BCUT2D eigenvalue weighted by molar-refractivity contribution is 6.09. The van der Waals surface area contributed by atoms with E-state index in [0.29, 0.717) is 12.1 Å². The monoisotopic (exact) mass is 320 g/mol. The molecule has 0 spiro atoms. The first-order valence-electron chi connectivity index (χ1n) is 8.84. The first kappa shape index (κ1) is 14.0. The maximum Gasteiger partial charge on any atom is 0.262 e. The van der Waals surface area contributed by atoms with E-state index in [0.717, 1.165) is 43.3 Å². The van der Waals surface area contributed by atoms with Crippen molar-refractivity contribution in [3.8, 4) is 0 Å². The van der Waals surface area contributed by atoms with Crippen LogP contribution in [0.25, 0.3) is 0 Å². The van der Waals surface area contributed by atoms with Crippen molar-refractivity contribution < 1.29 is 4.79 Å². The highest BCUT2D eigenvalue weighted by atomic mass is 16.2. The summed E-state index contributed by atoms with van der Waals surface area (Å²) >= 11 is 0. The molecule has 1 aromatic carbocycles. The zero-order valence-corrected chi connectivity index (χ0v) is 13.7. The molecule has 1 aromatic heterocycles. The molecule has 3 heterocycles. The number of aryl methyl sites for hydroxylation is 2. The Morgan fingerprint density at radius 3 is 2.71 bits per heavy atom. The van der Waals surface area contributed by atoms with Crippen molar-refractivity contribution >= 4 is 17.5 Å². The van der Waals surface area contributed by atoms with Gasteiger partial charge in [-0.15, -0.1) is 0 Å². The normalized spacial score (nSPS) is 19.1. The molecule has 5 rings (SSSR count). The first-order valence-corrected chi connectivity index (χ1v) is 8.84. The van der Waals surface area contributed by atoms with Gasteiger partial charge in [-0.25, -0.2) is 9.97 Å². The number of nitrogens with zero attached hydrogens (tertiary/aromatic N) is 4. The summed E-state index contributed by atoms with van der Waals surface area (Å²) in [6, 6.07) is 6.43. The fourth-order valence-electron chi connectivity index (χ4n) is 4.08. The summed E-state index contributed by atoms with van der Waals surface area (Å²) in [5, 5.41) is 0. The molecule has 0 atom stereocenters. The summed E-state index contributed by atoms with van der Waals surface area (Å²) in [4.78, 5) is 25.9. The molecular formula is C19H20N4O. The van der Waals surface area contributed by atoms with Gasteiger partial charge in [-0.3, -0.25) is 4.79 Å². The summed E-state index contributed by atoms with van der Waals surface area (Å²) in [5.74, 6) is 0.797. The van der Waals surface area contributed by atoms with Crippen LogP contribution in [-0.2, 0) is 19.4 Å². The summed E-state index contributed by atoms with van der Waals surface area (Å²) in [6.45, 7) is 2.58. The van der Waals surface area contributed by atoms with Crippen LogP contribution in [-0.4, -0.2) is 29.0 Å². The highest BCUT2D eigenvalue weighted by Crippen LogP contribution is 2.32. The van der Waals surface area contributed by atoms with Crippen molar-refractivity contribution in [3.63, 3.8) is 0 Å². The van der Waals surface area contributed by atoms with Crippen LogP contribution in [0.5, 0.6) is 0 Å². The molecule has 1 fully saturated rings. The fraction of sp³-hybridized carbons (Fsp3) is 0.421. The summed E-state index contributed by atoms with van der Waals surface area (Å²) in [6.07, 6.45) is 7.61. The smallest absolute Gasteiger partial charge is 0.262 e. The predicted molar refractivity (Wildman–Crippen MR) is 92.5 cm³/mol. The lowest BCUT2D eigenvalue weighted by Gasteiger charge is -2.16. The van der Waals surface area contributed by atoms with Crippen molar-refractivity contribution in [3.05, 3.63) is 46.8 Å². The molecule has 5 heteroatoms. The third kappa shape index (κ3) is 2.11. The number of benzene rings is 1. The quantitative estimate of drug-likeness (QED) is 0.854. The average Bonchev–Trinajstić information content (AvgIpc) is 3.34. The minimum Gasteiger partial charge on any atom is -0.341 e. The van der Waals surface area contributed by atoms with Gasteiger partial charge < -0.3 is 9.80 Å². The van der Waals surface area contributed by atoms with E-state index in [1.165, 1.54) is 30.4 Å². The van der Waals surface area contributed by atoms with Gasteiger partial charge in [0, 0.05) is 25.0 Å². The number of anilines is 2. The Kier molecular flexibility index (Phi) is 3.08. The predicted octanol–water partition coefficient (Wildman–Crippen LogP) is 2.73. The maximum absolute atomic E-state index is 12.8. The number of fused-ring (bicyclic) bond motifs is 2. The molecule has 0 radical (unpaired) electrons. The van der Waals surface area contributed by atoms with Crippen molar-refractivity contribution in [1.82, 2.24) is 9.97 Å². The van der Waals surface area contributed by atoms with Gasteiger partial charge in [0.2, 0.25) is 5.95 Å². The molecule has 0 bridgehead atoms. The molecule has 24 heavy (non-hydrogen) atoms. The van der Waals surface area contributed by atoms with E-state index in [9.17, 15) is 4.79 Å². The molecule has 5 nitrogen and oxygen atoms in total. The van der Waals surface area contributed by atoms with Gasteiger partial charge in [0.15, 0.2) is 0 Å². The van der Waals surface area contributed by atoms with E-state index >= 15 is 0 Å². The van der Waals surface area contributed by atoms with Crippen LogP contribution >= 0.6 is 0 Å². The second kappa shape index (κ2) is 5.30. The molecule has 0 saturated carbocycles. The third-order valence-electron chi connectivity index (χ3n) is 5.42. The van der Waals surface area contributed by atoms with Crippen LogP contribution in [0, 0.1) is 0 Å². The zero-order chi connectivity index (χ0) is 16.1. The number of rotatable bonds is 2. The van der Waals surface area contributed by atoms with E-state index in [1.807, 2.05) is 4.90 Å². The number of carbonyl (C=O) groups excluding carboxylic acids is 1. The Hall–Kier alpha value is -2.43. The van der Waals surface area contributed by atoms with Gasteiger partial charge in [0.25, 0.3) is 5.91 Å². The lowest BCUT2D eigenvalue weighted by Crippen LogP contribution is -2.23. The van der Waals surface area contributed by atoms with Crippen molar-refractivity contribution in [2.75, 3.05) is 22.9 Å². The van der Waals surface area contributed by atoms with Crippen LogP contribution in [0.2, 0.25) is 0 Å². The molecular weight excluding hydrogens is 300 g/mol. The Bertz CT molecular complexity index is 826. The minimum absolute atomic E-state index is 0.0240. The average molecular weight is 320 g/mol. The molecule has 122 valence electrons. The number of hydrogen-bond donors (Lipinski definition) is 0. The first-order chi connectivity index (χ1) is 11.8. The number of amides is 1. The van der Waals surface area contributed by atoms with Gasteiger partial charge >= 0.3 is 0 Å². The summed E-state index contributed by atoms with van der Waals surface area (Å²) < 4.78 is 0. The number of hydrogen-bond acceptors (Lipinski definition) is 4. The van der Waals surface area contributed by atoms with E-state index in [-0.39, 0.29) is 5.91 Å². The van der Waals surface area contributed by atoms with Crippen LogP contribution in [0.4, 0.5) is 11.6 Å². The van der Waals surface area contributed by atoms with E-state index < -0.39 is 0 Å². The lowest BCUT2D eigenvalue weighted by molar-refractivity contribution is 0.0996. The lowest BCUT2D eigenvalue weighted by atomic mass is 10.1. The van der Waals surface area contributed by atoms with Gasteiger partial charge in [-0.05, 0) is 55.4 Å². The second-order valence-corrected chi connectivity index (χ2v) is 6.92. The summed E-state index contributed by atoms with van der Waals surface area (Å²) in [5.41, 5.74) is 5.32. The van der Waals surface area contributed by atoms with Gasteiger partial charge in [-0.1, -0.05) is 6.07 Å². The van der Waals surface area contributed by atoms with Crippen LogP contribution in [0.15, 0.2) is 24.4 Å². The van der Waals surface area contributed by atoms with Crippen LogP contribution < -0.4 is 9.80 Å². The Morgan fingerprint density at radius 2 is 1.83 bits per heavy atom. The molecule has 1 saturated heterocycles. The molecule has 1 aliphatic carbocycles. The SMILES string of the molecule is O=C1c2cnc(N3CCCC3)nc2CN1c1ccc2c(c1)CCC2. The fourth-order valence-corrected chi connectivity index (χ4v) is 4.08. The standard InChI is InChI=1S/C19H20N4O/c24-18-16-11-20-19(22-8-1-2-9-22)21-17(16)12-23(18)15-7-6-13-4-3-5-14(13)10-15/h6-7,10-11H,1-5,8-9,12H2. The Morgan fingerprint density at radius 1 is 1.00 bits per heavy atom. The van der Waals surface area contributed by atoms with Gasteiger partial charge in [-0.2, -0.15) is 0 Å². The number of carbonyl (C=O) groups is 1. The number of aromatic nitrogens is 2. The van der Waals surface area contributed by atoms with Crippen LogP contribution in [0.3, 0.4) is 0 Å². The Labute approximate surface area is 141 Å². The second-order valence-electron chi connectivity index (χ2n) is 6.92. The summed E-state index contributed by atoms with van der Waals surface area (Å²) in [7, 11) is 0. The largest absolute Gasteiger partial charge is 0.341 e. The molecule has 2 aromatic rings. The maximum atomic E-state index is 12.8. The van der Waals surface area contributed by atoms with Crippen molar-refractivity contribution in [2.45, 2.75) is 38.6 Å². The highest BCUT2D eigenvalue weighted by Gasteiger charge is 2.32. The molecule has 2 aliphatic heterocycles. The van der Waals surface area contributed by atoms with E-state index in [2.05, 4.69) is 33.1 Å². The van der Waals surface area contributed by atoms with Crippen molar-refractivity contribution in [2.24, 2.45) is 0 Å².